The van der Waals surface area contributed by atoms with Crippen LogP contribution in [0, 0.1) is 0 Å². The molecule has 1 fully saturated rings. The fourth-order valence-electron chi connectivity index (χ4n) is 1.12. The summed E-state index contributed by atoms with van der Waals surface area (Å²) >= 11 is 0. The third kappa shape index (κ3) is 6.90. The fourth-order valence-corrected chi connectivity index (χ4v) is 1.12. The van der Waals surface area contributed by atoms with Gasteiger partial charge in [0.15, 0.2) is 0 Å². The number of hydrogen-bond donors (Lipinski definition) is 1. The molecule has 15 heavy (non-hydrogen) atoms. The second-order valence-electron chi connectivity index (χ2n) is 3.62. The van der Waals surface area contributed by atoms with E-state index in [0.29, 0.717) is 0 Å². The molecule has 5 heteroatoms. The van der Waals surface area contributed by atoms with Crippen LogP contribution in [-0.4, -0.2) is 61.9 Å². The SMILES string of the molecule is CC(=O)N1CCN(C)CC1.CNC(C)=O. The normalized spacial score (nSPS) is 16.4. The Labute approximate surface area is 91.4 Å². The van der Waals surface area contributed by atoms with Gasteiger partial charge in [-0.25, -0.2) is 0 Å². The van der Waals surface area contributed by atoms with E-state index in [1.54, 1.807) is 14.0 Å². The molecule has 0 unspecified atom stereocenters. The zero-order valence-electron chi connectivity index (χ0n) is 10.0. The lowest BCUT2D eigenvalue weighted by molar-refractivity contribution is -0.130. The molecule has 0 radical (unpaired) electrons. The summed E-state index contributed by atoms with van der Waals surface area (Å²) in [5, 5.41) is 2.39. The quantitative estimate of drug-likeness (QED) is 0.594. The lowest BCUT2D eigenvalue weighted by Crippen LogP contribution is -2.46. The van der Waals surface area contributed by atoms with Gasteiger partial charge in [0.05, 0.1) is 0 Å². The first-order valence-electron chi connectivity index (χ1n) is 5.09. The van der Waals surface area contributed by atoms with Crippen LogP contribution >= 0.6 is 0 Å². The predicted molar refractivity (Wildman–Crippen MR) is 59.5 cm³/mol. The molecule has 0 aromatic rings. The molecule has 1 aliphatic heterocycles. The number of amides is 2. The van der Waals surface area contributed by atoms with Crippen molar-refractivity contribution in [1.29, 1.82) is 0 Å². The Balaban J connectivity index is 0.000000336. The standard InChI is InChI=1S/C7H14N2O.C3H7NO/c1-7(10)9-5-3-8(2)4-6-9;1-3(5)4-2/h3-6H2,1-2H3;1-2H3,(H,4,5). The molecule has 0 saturated carbocycles. The smallest absolute Gasteiger partial charge is 0.219 e. The third-order valence-corrected chi connectivity index (χ3v) is 2.30. The number of nitrogens with zero attached hydrogens (tertiary/aromatic N) is 2. The Hall–Kier alpha value is -1.10. The predicted octanol–water partition coefficient (Wildman–Crippen LogP) is -0.467. The van der Waals surface area contributed by atoms with Crippen molar-refractivity contribution in [3.05, 3.63) is 0 Å². The van der Waals surface area contributed by atoms with Gasteiger partial charge in [0, 0.05) is 47.1 Å². The number of piperazine rings is 1. The summed E-state index contributed by atoms with van der Waals surface area (Å²) in [4.78, 5) is 24.6. The number of likely N-dealkylation sites (N-methyl/N-ethyl adjacent to an activating group) is 1. The van der Waals surface area contributed by atoms with Gasteiger partial charge in [-0.2, -0.15) is 0 Å². The van der Waals surface area contributed by atoms with Crippen LogP contribution in [0.5, 0.6) is 0 Å². The van der Waals surface area contributed by atoms with Gasteiger partial charge in [-0.3, -0.25) is 9.59 Å². The molecule has 0 bridgehead atoms. The molecule has 2 amide bonds. The number of hydrogen-bond acceptors (Lipinski definition) is 3. The molecule has 1 saturated heterocycles. The number of rotatable bonds is 0. The summed E-state index contributed by atoms with van der Waals surface area (Å²) < 4.78 is 0. The van der Waals surface area contributed by atoms with Gasteiger partial charge in [-0.1, -0.05) is 0 Å². The van der Waals surface area contributed by atoms with E-state index in [2.05, 4.69) is 17.3 Å². The molecule has 0 spiro atoms. The molecule has 1 heterocycles. The molecular formula is C10H21N3O2. The first-order valence-corrected chi connectivity index (χ1v) is 5.09. The molecule has 0 aromatic carbocycles. The van der Waals surface area contributed by atoms with E-state index in [0.717, 1.165) is 26.2 Å². The highest BCUT2D eigenvalue weighted by Gasteiger charge is 2.14. The van der Waals surface area contributed by atoms with Crippen LogP contribution in [0.25, 0.3) is 0 Å². The Bertz CT molecular complexity index is 211. The van der Waals surface area contributed by atoms with Crippen LogP contribution in [0.15, 0.2) is 0 Å². The van der Waals surface area contributed by atoms with E-state index in [4.69, 9.17) is 0 Å². The summed E-state index contributed by atoms with van der Waals surface area (Å²) in [6.45, 7) is 6.92. The van der Waals surface area contributed by atoms with Crippen LogP contribution in [0.1, 0.15) is 13.8 Å². The molecule has 0 aliphatic carbocycles. The van der Waals surface area contributed by atoms with Gasteiger partial charge in [0.2, 0.25) is 11.8 Å². The average molecular weight is 215 g/mol. The number of carbonyl (C=O) groups is 2. The van der Waals surface area contributed by atoms with E-state index < -0.39 is 0 Å². The Morgan fingerprint density at radius 2 is 1.47 bits per heavy atom. The van der Waals surface area contributed by atoms with Crippen molar-refractivity contribution in [3.63, 3.8) is 0 Å². The number of carbonyl (C=O) groups excluding carboxylic acids is 2. The van der Waals surface area contributed by atoms with Crippen molar-refractivity contribution in [2.45, 2.75) is 13.8 Å². The summed E-state index contributed by atoms with van der Waals surface area (Å²) in [5.74, 6) is 0.207. The summed E-state index contributed by atoms with van der Waals surface area (Å²) in [5.41, 5.74) is 0. The third-order valence-electron chi connectivity index (χ3n) is 2.30. The van der Waals surface area contributed by atoms with Crippen molar-refractivity contribution in [2.24, 2.45) is 0 Å². The van der Waals surface area contributed by atoms with Crippen LogP contribution in [0.2, 0.25) is 0 Å². The van der Waals surface area contributed by atoms with Gasteiger partial charge in [-0.05, 0) is 7.05 Å². The Kier molecular flexibility index (Phi) is 6.70. The highest BCUT2D eigenvalue weighted by molar-refractivity contribution is 5.73. The van der Waals surface area contributed by atoms with Crippen molar-refractivity contribution >= 4 is 11.8 Å². The number of nitrogens with one attached hydrogen (secondary N) is 1. The first kappa shape index (κ1) is 13.9. The Morgan fingerprint density at radius 3 is 1.73 bits per heavy atom. The van der Waals surface area contributed by atoms with Crippen LogP contribution in [0.4, 0.5) is 0 Å². The maximum Gasteiger partial charge on any atom is 0.219 e. The molecule has 1 rings (SSSR count). The highest BCUT2D eigenvalue weighted by Crippen LogP contribution is 1.98. The molecule has 0 aromatic heterocycles. The van der Waals surface area contributed by atoms with E-state index in [-0.39, 0.29) is 11.8 Å². The maximum atomic E-state index is 10.8. The van der Waals surface area contributed by atoms with Crippen LogP contribution in [-0.2, 0) is 9.59 Å². The molecule has 1 N–H and O–H groups in total. The average Bonchev–Trinajstić information content (AvgIpc) is 2.19. The Morgan fingerprint density at radius 1 is 1.07 bits per heavy atom. The molecule has 0 atom stereocenters. The second kappa shape index (κ2) is 7.23. The lowest BCUT2D eigenvalue weighted by atomic mass is 10.3. The summed E-state index contributed by atoms with van der Waals surface area (Å²) in [6.07, 6.45) is 0. The minimum Gasteiger partial charge on any atom is -0.359 e. The van der Waals surface area contributed by atoms with Gasteiger partial charge >= 0.3 is 0 Å². The van der Waals surface area contributed by atoms with Gasteiger partial charge < -0.3 is 15.1 Å². The molecule has 88 valence electrons. The molecule has 5 nitrogen and oxygen atoms in total. The monoisotopic (exact) mass is 215 g/mol. The summed E-state index contributed by atoms with van der Waals surface area (Å²) in [7, 11) is 3.68. The highest BCUT2D eigenvalue weighted by atomic mass is 16.2. The van der Waals surface area contributed by atoms with Gasteiger partial charge in [0.25, 0.3) is 0 Å². The van der Waals surface area contributed by atoms with Crippen LogP contribution < -0.4 is 5.32 Å². The topological polar surface area (TPSA) is 52.7 Å². The maximum absolute atomic E-state index is 10.8. The minimum atomic E-state index is 0.00463. The van der Waals surface area contributed by atoms with Crippen LogP contribution in [0.3, 0.4) is 0 Å². The van der Waals surface area contributed by atoms with E-state index >= 15 is 0 Å². The molecule has 1 aliphatic rings. The van der Waals surface area contributed by atoms with Crippen molar-refractivity contribution in [2.75, 3.05) is 40.3 Å². The molecular weight excluding hydrogens is 194 g/mol. The minimum absolute atomic E-state index is 0.00463. The van der Waals surface area contributed by atoms with E-state index in [9.17, 15) is 9.59 Å². The second-order valence-corrected chi connectivity index (χ2v) is 3.62. The van der Waals surface area contributed by atoms with Gasteiger partial charge in [-0.15, -0.1) is 0 Å². The van der Waals surface area contributed by atoms with E-state index in [1.807, 2.05) is 4.90 Å². The van der Waals surface area contributed by atoms with E-state index in [1.165, 1.54) is 6.92 Å². The fraction of sp³-hybridized carbons (Fsp3) is 0.800. The lowest BCUT2D eigenvalue weighted by Gasteiger charge is -2.31. The van der Waals surface area contributed by atoms with Crippen molar-refractivity contribution in [3.8, 4) is 0 Å². The zero-order chi connectivity index (χ0) is 11.8. The summed E-state index contributed by atoms with van der Waals surface area (Å²) in [6, 6.07) is 0. The van der Waals surface area contributed by atoms with Crippen molar-refractivity contribution in [1.82, 2.24) is 15.1 Å². The van der Waals surface area contributed by atoms with Crippen molar-refractivity contribution < 1.29 is 9.59 Å². The zero-order valence-corrected chi connectivity index (χ0v) is 10.0. The largest absolute Gasteiger partial charge is 0.359 e. The first-order chi connectivity index (χ1) is 6.97. The van der Waals surface area contributed by atoms with Gasteiger partial charge in [0.1, 0.15) is 0 Å².